The number of hydrogen-bond acceptors (Lipinski definition) is 3. The van der Waals surface area contributed by atoms with E-state index in [1.54, 1.807) is 0 Å². The van der Waals surface area contributed by atoms with E-state index in [1.807, 2.05) is 31.2 Å². The average Bonchev–Trinajstić information content (AvgIpc) is 2.27. The Kier molecular flexibility index (Phi) is 4.31. The summed E-state index contributed by atoms with van der Waals surface area (Å²) in [5, 5.41) is 0. The Morgan fingerprint density at radius 2 is 2.00 bits per heavy atom. The van der Waals surface area contributed by atoms with Crippen molar-refractivity contribution in [2.75, 3.05) is 13.7 Å². The molecule has 0 spiro atoms. The highest BCUT2D eigenvalue weighted by atomic mass is 16.5. The van der Waals surface area contributed by atoms with Gasteiger partial charge in [0, 0.05) is 6.54 Å². The Morgan fingerprint density at radius 3 is 2.47 bits per heavy atom. The summed E-state index contributed by atoms with van der Waals surface area (Å²) in [7, 11) is 1.39. The minimum atomic E-state index is -0.238. The van der Waals surface area contributed by atoms with Gasteiger partial charge in [-0.3, -0.25) is 4.79 Å². The second-order valence-corrected chi connectivity index (χ2v) is 3.65. The minimum Gasteiger partial charge on any atom is -0.469 e. The molecule has 1 rings (SSSR count). The molecule has 0 radical (unpaired) electrons. The Balaban J connectivity index is 2.66. The van der Waals surface area contributed by atoms with Crippen molar-refractivity contribution in [2.45, 2.75) is 13.3 Å². The zero-order valence-corrected chi connectivity index (χ0v) is 9.19. The molecule has 3 nitrogen and oxygen atoms in total. The molecule has 1 aromatic rings. The van der Waals surface area contributed by atoms with Crippen molar-refractivity contribution in [1.82, 2.24) is 0 Å². The summed E-state index contributed by atoms with van der Waals surface area (Å²) in [6.07, 6.45) is 0.642. The lowest BCUT2D eigenvalue weighted by atomic mass is 9.99. The van der Waals surface area contributed by atoms with E-state index < -0.39 is 0 Å². The number of hydrogen-bond donors (Lipinski definition) is 1. The summed E-state index contributed by atoms with van der Waals surface area (Å²) in [4.78, 5) is 11.3. The minimum absolute atomic E-state index is 0.238. The van der Waals surface area contributed by atoms with E-state index in [4.69, 9.17) is 5.73 Å². The fourth-order valence-corrected chi connectivity index (χ4v) is 1.44. The zero-order chi connectivity index (χ0) is 11.3. The Bertz CT molecular complexity index is 319. The van der Waals surface area contributed by atoms with Crippen molar-refractivity contribution in [3.8, 4) is 0 Å². The molecule has 0 saturated heterocycles. The molecule has 1 aromatic carbocycles. The number of ether oxygens (including phenoxy) is 1. The van der Waals surface area contributed by atoms with Crippen LogP contribution in [0, 0.1) is 12.8 Å². The van der Waals surface area contributed by atoms with Gasteiger partial charge in [0.2, 0.25) is 0 Å². The molecular weight excluding hydrogens is 190 g/mol. The Hall–Kier alpha value is -1.35. The van der Waals surface area contributed by atoms with Gasteiger partial charge >= 0.3 is 5.97 Å². The molecule has 0 saturated carbocycles. The number of esters is 1. The quantitative estimate of drug-likeness (QED) is 0.757. The molecule has 1 atom stereocenters. The van der Waals surface area contributed by atoms with E-state index in [1.165, 1.54) is 12.7 Å². The lowest BCUT2D eigenvalue weighted by molar-refractivity contribution is -0.145. The van der Waals surface area contributed by atoms with Crippen LogP contribution in [0.1, 0.15) is 11.1 Å². The van der Waals surface area contributed by atoms with Gasteiger partial charge in [0.15, 0.2) is 0 Å². The van der Waals surface area contributed by atoms with E-state index >= 15 is 0 Å². The number of carbonyl (C=O) groups excluding carboxylic acids is 1. The molecule has 0 unspecified atom stereocenters. The summed E-state index contributed by atoms with van der Waals surface area (Å²) in [6.45, 7) is 2.35. The fourth-order valence-electron chi connectivity index (χ4n) is 1.44. The zero-order valence-electron chi connectivity index (χ0n) is 9.19. The van der Waals surface area contributed by atoms with Gasteiger partial charge in [0.25, 0.3) is 0 Å². The molecule has 0 fully saturated rings. The van der Waals surface area contributed by atoms with Gasteiger partial charge in [0.05, 0.1) is 13.0 Å². The first-order chi connectivity index (χ1) is 7.17. The van der Waals surface area contributed by atoms with Crippen LogP contribution in [-0.4, -0.2) is 19.6 Å². The second kappa shape index (κ2) is 5.51. The van der Waals surface area contributed by atoms with Gasteiger partial charge < -0.3 is 10.5 Å². The van der Waals surface area contributed by atoms with Gasteiger partial charge in [-0.05, 0) is 18.9 Å². The molecule has 0 bridgehead atoms. The highest BCUT2D eigenvalue weighted by Crippen LogP contribution is 2.10. The average molecular weight is 207 g/mol. The molecule has 15 heavy (non-hydrogen) atoms. The number of benzene rings is 1. The van der Waals surface area contributed by atoms with E-state index in [2.05, 4.69) is 4.74 Å². The second-order valence-electron chi connectivity index (χ2n) is 3.65. The lowest BCUT2D eigenvalue weighted by Crippen LogP contribution is -2.26. The molecule has 0 aliphatic heterocycles. The van der Waals surface area contributed by atoms with Gasteiger partial charge in [-0.15, -0.1) is 0 Å². The number of nitrogens with two attached hydrogens (primary N) is 1. The van der Waals surface area contributed by atoms with Crippen LogP contribution < -0.4 is 5.73 Å². The van der Waals surface area contributed by atoms with Gasteiger partial charge in [-0.25, -0.2) is 0 Å². The maximum atomic E-state index is 11.3. The molecule has 0 heterocycles. The monoisotopic (exact) mass is 207 g/mol. The van der Waals surface area contributed by atoms with Crippen LogP contribution in [0.4, 0.5) is 0 Å². The first-order valence-electron chi connectivity index (χ1n) is 5.00. The Morgan fingerprint density at radius 1 is 1.40 bits per heavy atom. The van der Waals surface area contributed by atoms with Crippen molar-refractivity contribution < 1.29 is 9.53 Å². The van der Waals surface area contributed by atoms with Crippen LogP contribution in [0.25, 0.3) is 0 Å². The summed E-state index contributed by atoms with van der Waals surface area (Å²) in [6, 6.07) is 8.09. The topological polar surface area (TPSA) is 52.3 Å². The maximum absolute atomic E-state index is 11.3. The third-order valence-electron chi connectivity index (χ3n) is 2.42. The van der Waals surface area contributed by atoms with Crippen LogP contribution in [0.2, 0.25) is 0 Å². The molecule has 82 valence electrons. The maximum Gasteiger partial charge on any atom is 0.310 e. The largest absolute Gasteiger partial charge is 0.469 e. The number of carbonyl (C=O) groups is 1. The van der Waals surface area contributed by atoms with Crippen LogP contribution in [0.5, 0.6) is 0 Å². The van der Waals surface area contributed by atoms with Crippen LogP contribution in [0.3, 0.4) is 0 Å². The van der Waals surface area contributed by atoms with Gasteiger partial charge in [-0.2, -0.15) is 0 Å². The molecule has 0 aliphatic rings. The molecule has 2 N–H and O–H groups in total. The smallest absolute Gasteiger partial charge is 0.310 e. The number of rotatable bonds is 4. The summed E-state index contributed by atoms with van der Waals surface area (Å²) >= 11 is 0. The van der Waals surface area contributed by atoms with Crippen molar-refractivity contribution in [3.63, 3.8) is 0 Å². The predicted octanol–water partition coefficient (Wildman–Crippen LogP) is 1.29. The van der Waals surface area contributed by atoms with Crippen LogP contribution >= 0.6 is 0 Å². The highest BCUT2D eigenvalue weighted by Gasteiger charge is 2.17. The van der Waals surface area contributed by atoms with Gasteiger partial charge in [0.1, 0.15) is 0 Å². The standard InChI is InChI=1S/C12H17NO2/c1-9-3-5-10(6-4-9)7-11(8-13)12(14)15-2/h3-6,11H,7-8,13H2,1-2H3/t11-/m1/s1. The Labute approximate surface area is 90.2 Å². The van der Waals surface area contributed by atoms with E-state index in [9.17, 15) is 4.79 Å². The van der Waals surface area contributed by atoms with Crippen LogP contribution in [0.15, 0.2) is 24.3 Å². The third-order valence-corrected chi connectivity index (χ3v) is 2.42. The predicted molar refractivity (Wildman–Crippen MR) is 59.4 cm³/mol. The van der Waals surface area contributed by atoms with E-state index in [0.717, 1.165) is 5.56 Å². The van der Waals surface area contributed by atoms with Crippen molar-refractivity contribution >= 4 is 5.97 Å². The van der Waals surface area contributed by atoms with Crippen molar-refractivity contribution in [3.05, 3.63) is 35.4 Å². The van der Waals surface area contributed by atoms with Crippen molar-refractivity contribution in [2.24, 2.45) is 11.7 Å². The molecule has 0 aromatic heterocycles. The SMILES string of the molecule is COC(=O)[C@@H](CN)Cc1ccc(C)cc1. The van der Waals surface area contributed by atoms with E-state index in [0.29, 0.717) is 13.0 Å². The molecule has 0 amide bonds. The first-order valence-corrected chi connectivity index (χ1v) is 5.00. The normalized spacial score (nSPS) is 12.2. The molecular formula is C12H17NO2. The highest BCUT2D eigenvalue weighted by molar-refractivity contribution is 5.72. The van der Waals surface area contributed by atoms with Gasteiger partial charge in [-0.1, -0.05) is 29.8 Å². The number of methoxy groups -OCH3 is 1. The fraction of sp³-hybridized carbons (Fsp3) is 0.417. The first kappa shape index (κ1) is 11.7. The molecule has 0 aliphatic carbocycles. The molecule has 3 heteroatoms. The number of aryl methyl sites for hydroxylation is 1. The summed E-state index contributed by atoms with van der Waals surface area (Å²) < 4.78 is 4.68. The summed E-state index contributed by atoms with van der Waals surface area (Å²) in [5.41, 5.74) is 7.85. The van der Waals surface area contributed by atoms with E-state index in [-0.39, 0.29) is 11.9 Å². The summed E-state index contributed by atoms with van der Waals surface area (Å²) in [5.74, 6) is -0.476. The lowest BCUT2D eigenvalue weighted by Gasteiger charge is -2.12. The van der Waals surface area contributed by atoms with Crippen molar-refractivity contribution in [1.29, 1.82) is 0 Å². The third kappa shape index (κ3) is 3.36. The van der Waals surface area contributed by atoms with Crippen LogP contribution in [-0.2, 0) is 16.0 Å².